The summed E-state index contributed by atoms with van der Waals surface area (Å²) in [7, 11) is 1.46. The van der Waals surface area contributed by atoms with Crippen molar-refractivity contribution in [2.75, 3.05) is 20.3 Å². The largest absolute Gasteiger partial charge is 0.454 e. The molecule has 10 unspecified atom stereocenters. The molecule has 10 heteroatoms. The maximum Gasteiger partial charge on any atom is 0.330 e. The van der Waals surface area contributed by atoms with Crippen LogP contribution < -0.4 is 0 Å². The van der Waals surface area contributed by atoms with Crippen molar-refractivity contribution in [3.63, 3.8) is 0 Å². The Morgan fingerprint density at radius 1 is 1.00 bits per heavy atom. The van der Waals surface area contributed by atoms with Gasteiger partial charge in [-0.05, 0) is 6.92 Å². The van der Waals surface area contributed by atoms with E-state index < -0.39 is 67.0 Å². The number of hydrogen-bond acceptors (Lipinski definition) is 10. The SMILES string of the molecule is C=CC(=O)OC1C(C)OC(COC2OC(COC)C(O)C(C)C2O)C(O)C1O. The number of aliphatic hydroxyl groups is 4. The molecule has 2 aliphatic heterocycles. The molecule has 0 amide bonds. The number of esters is 1. The van der Waals surface area contributed by atoms with Gasteiger partial charge in [-0.25, -0.2) is 4.79 Å². The van der Waals surface area contributed by atoms with Gasteiger partial charge in [0.15, 0.2) is 12.4 Å². The Balaban J connectivity index is 1.96. The highest BCUT2D eigenvalue weighted by atomic mass is 16.7. The quantitative estimate of drug-likeness (QED) is 0.286. The molecule has 0 aromatic rings. The first-order valence-corrected chi connectivity index (χ1v) is 9.18. The monoisotopic (exact) mass is 406 g/mol. The van der Waals surface area contributed by atoms with Gasteiger partial charge in [0.05, 0.1) is 25.4 Å². The molecule has 2 saturated heterocycles. The highest BCUT2D eigenvalue weighted by molar-refractivity contribution is 5.81. The number of carbonyl (C=O) groups is 1. The molecule has 0 aromatic heterocycles. The predicted octanol–water partition coefficient (Wildman–Crippen LogP) is -1.66. The molecule has 4 N–H and O–H groups in total. The van der Waals surface area contributed by atoms with E-state index >= 15 is 0 Å². The van der Waals surface area contributed by atoms with Crippen LogP contribution in [0.3, 0.4) is 0 Å². The van der Waals surface area contributed by atoms with Crippen molar-refractivity contribution in [1.82, 2.24) is 0 Å². The van der Waals surface area contributed by atoms with E-state index in [2.05, 4.69) is 6.58 Å². The van der Waals surface area contributed by atoms with Crippen LogP contribution in [0.4, 0.5) is 0 Å². The number of carbonyl (C=O) groups excluding carboxylic acids is 1. The minimum absolute atomic E-state index is 0.118. The fraction of sp³-hybridized carbons (Fsp3) is 0.833. The first-order valence-electron chi connectivity index (χ1n) is 9.18. The molecule has 2 fully saturated rings. The lowest BCUT2D eigenvalue weighted by atomic mass is 9.91. The summed E-state index contributed by atoms with van der Waals surface area (Å²) in [4.78, 5) is 11.4. The molecule has 0 saturated carbocycles. The lowest BCUT2D eigenvalue weighted by Crippen LogP contribution is -2.60. The molecule has 162 valence electrons. The predicted molar refractivity (Wildman–Crippen MR) is 94.1 cm³/mol. The average Bonchev–Trinajstić information content (AvgIpc) is 2.68. The maximum atomic E-state index is 11.4. The second-order valence-electron chi connectivity index (χ2n) is 7.14. The van der Waals surface area contributed by atoms with Crippen molar-refractivity contribution < 1.29 is 48.9 Å². The van der Waals surface area contributed by atoms with Crippen LogP contribution in [0.5, 0.6) is 0 Å². The second kappa shape index (κ2) is 10.1. The van der Waals surface area contributed by atoms with Crippen LogP contribution in [-0.2, 0) is 28.5 Å². The number of aliphatic hydroxyl groups excluding tert-OH is 4. The zero-order chi connectivity index (χ0) is 21.0. The molecule has 0 aliphatic carbocycles. The zero-order valence-electron chi connectivity index (χ0n) is 16.2. The molecule has 2 rings (SSSR count). The van der Waals surface area contributed by atoms with Gasteiger partial charge in [0.2, 0.25) is 0 Å². The highest BCUT2D eigenvalue weighted by Crippen LogP contribution is 2.29. The van der Waals surface area contributed by atoms with Crippen LogP contribution in [0.2, 0.25) is 0 Å². The molecule has 10 nitrogen and oxygen atoms in total. The van der Waals surface area contributed by atoms with Gasteiger partial charge in [0.1, 0.15) is 30.5 Å². The van der Waals surface area contributed by atoms with E-state index in [0.717, 1.165) is 6.08 Å². The van der Waals surface area contributed by atoms with Crippen LogP contribution in [0.25, 0.3) is 0 Å². The average molecular weight is 406 g/mol. The summed E-state index contributed by atoms with van der Waals surface area (Å²) in [5, 5.41) is 41.0. The van der Waals surface area contributed by atoms with Crippen LogP contribution in [-0.4, -0.2) is 102 Å². The number of methoxy groups -OCH3 is 1. The summed E-state index contributed by atoms with van der Waals surface area (Å²) < 4.78 is 26.8. The summed E-state index contributed by atoms with van der Waals surface area (Å²) >= 11 is 0. The first kappa shape index (κ1) is 23.2. The fourth-order valence-electron chi connectivity index (χ4n) is 3.36. The van der Waals surface area contributed by atoms with Crippen molar-refractivity contribution in [3.05, 3.63) is 12.7 Å². The first-order chi connectivity index (χ1) is 13.2. The Labute approximate surface area is 163 Å². The van der Waals surface area contributed by atoms with Crippen molar-refractivity contribution in [2.45, 2.75) is 69.0 Å². The standard InChI is InChI=1S/C18H30O10/c1-5-12(19)28-17-9(3)26-11(15(22)16(17)23)7-25-18-14(21)8(2)13(20)10(27-18)6-24-4/h5,8-11,13-18,20-23H,1,6-7H2,2-4H3. The second-order valence-corrected chi connectivity index (χ2v) is 7.14. The zero-order valence-corrected chi connectivity index (χ0v) is 16.2. The lowest BCUT2D eigenvalue weighted by molar-refractivity contribution is -0.304. The van der Waals surface area contributed by atoms with E-state index in [-0.39, 0.29) is 13.2 Å². The van der Waals surface area contributed by atoms with Gasteiger partial charge in [-0.3, -0.25) is 0 Å². The van der Waals surface area contributed by atoms with E-state index in [4.69, 9.17) is 23.7 Å². The van der Waals surface area contributed by atoms with E-state index in [9.17, 15) is 25.2 Å². The normalized spacial score (nSPS) is 44.1. The van der Waals surface area contributed by atoms with Crippen LogP contribution in [0.1, 0.15) is 13.8 Å². The molecule has 2 aliphatic rings. The van der Waals surface area contributed by atoms with Gasteiger partial charge in [-0.2, -0.15) is 0 Å². The van der Waals surface area contributed by atoms with Crippen molar-refractivity contribution in [3.8, 4) is 0 Å². The summed E-state index contributed by atoms with van der Waals surface area (Å²) in [5.74, 6) is -1.26. The topological polar surface area (TPSA) is 144 Å². The van der Waals surface area contributed by atoms with Gasteiger partial charge in [-0.15, -0.1) is 0 Å². The maximum absolute atomic E-state index is 11.4. The number of rotatable bonds is 7. The molecule has 2 heterocycles. The van der Waals surface area contributed by atoms with Gasteiger partial charge in [-0.1, -0.05) is 13.5 Å². The molecule has 10 atom stereocenters. The van der Waals surface area contributed by atoms with Gasteiger partial charge in [0.25, 0.3) is 0 Å². The van der Waals surface area contributed by atoms with Gasteiger partial charge in [0, 0.05) is 19.1 Å². The Morgan fingerprint density at radius 2 is 1.64 bits per heavy atom. The Morgan fingerprint density at radius 3 is 2.25 bits per heavy atom. The highest BCUT2D eigenvalue weighted by Gasteiger charge is 2.47. The molecule has 0 radical (unpaired) electrons. The Hall–Kier alpha value is -1.11. The third kappa shape index (κ3) is 5.08. The summed E-state index contributed by atoms with van der Waals surface area (Å²) in [6, 6.07) is 0. The smallest absolute Gasteiger partial charge is 0.330 e. The van der Waals surface area contributed by atoms with E-state index in [1.54, 1.807) is 13.8 Å². The van der Waals surface area contributed by atoms with E-state index in [1.165, 1.54) is 7.11 Å². The van der Waals surface area contributed by atoms with Gasteiger partial charge >= 0.3 is 5.97 Å². The minimum atomic E-state index is -1.39. The molecule has 0 bridgehead atoms. The van der Waals surface area contributed by atoms with E-state index in [0.29, 0.717) is 0 Å². The Bertz CT molecular complexity index is 528. The summed E-state index contributed by atoms with van der Waals surface area (Å²) in [6.45, 7) is 6.45. The molecule has 28 heavy (non-hydrogen) atoms. The summed E-state index contributed by atoms with van der Waals surface area (Å²) in [5.41, 5.74) is 0. The van der Waals surface area contributed by atoms with Crippen molar-refractivity contribution in [1.29, 1.82) is 0 Å². The molecule has 0 aromatic carbocycles. The minimum Gasteiger partial charge on any atom is -0.454 e. The molecular formula is C18H30O10. The van der Waals surface area contributed by atoms with Crippen LogP contribution in [0, 0.1) is 5.92 Å². The third-order valence-corrected chi connectivity index (χ3v) is 5.14. The molecule has 0 spiro atoms. The summed E-state index contributed by atoms with van der Waals surface area (Å²) in [6.07, 6.45) is -8.32. The van der Waals surface area contributed by atoms with Crippen LogP contribution in [0.15, 0.2) is 12.7 Å². The van der Waals surface area contributed by atoms with Gasteiger partial charge < -0.3 is 44.1 Å². The van der Waals surface area contributed by atoms with E-state index in [1.807, 2.05) is 0 Å². The molecular weight excluding hydrogens is 376 g/mol. The lowest BCUT2D eigenvalue weighted by Gasteiger charge is -2.43. The number of ether oxygens (including phenoxy) is 5. The van der Waals surface area contributed by atoms with Crippen molar-refractivity contribution in [2.24, 2.45) is 5.92 Å². The van der Waals surface area contributed by atoms with Crippen molar-refractivity contribution >= 4 is 5.97 Å². The number of hydrogen-bond donors (Lipinski definition) is 4. The fourth-order valence-corrected chi connectivity index (χ4v) is 3.36. The Kier molecular flexibility index (Phi) is 8.34. The van der Waals surface area contributed by atoms with Crippen LogP contribution >= 0.6 is 0 Å². The third-order valence-electron chi connectivity index (χ3n) is 5.14.